The van der Waals surface area contributed by atoms with Gasteiger partial charge < -0.3 is 14.4 Å². The fraction of sp³-hybridized carbons (Fsp3) is 0.192. The topological polar surface area (TPSA) is 76.2 Å². The van der Waals surface area contributed by atoms with Crippen molar-refractivity contribution >= 4 is 69.8 Å². The molecule has 5 rings (SSSR count). The summed E-state index contributed by atoms with van der Waals surface area (Å²) in [6.45, 7) is 1.59. The van der Waals surface area contributed by atoms with Gasteiger partial charge in [-0.3, -0.25) is 19.3 Å². The van der Waals surface area contributed by atoms with Crippen LogP contribution in [0.4, 0.5) is 10.1 Å². The number of amides is 3. The van der Waals surface area contributed by atoms with Crippen LogP contribution in [0.5, 0.6) is 11.5 Å². The van der Waals surface area contributed by atoms with Crippen LogP contribution in [-0.4, -0.2) is 42.9 Å². The summed E-state index contributed by atoms with van der Waals surface area (Å²) in [5, 5.41) is -0.867. The number of benzene rings is 3. The number of anilines is 1. The van der Waals surface area contributed by atoms with Crippen LogP contribution >= 0.6 is 46.4 Å². The van der Waals surface area contributed by atoms with Gasteiger partial charge in [0.1, 0.15) is 11.9 Å². The molecule has 196 valence electrons. The lowest BCUT2D eigenvalue weighted by atomic mass is 9.86. The summed E-state index contributed by atoms with van der Waals surface area (Å²) in [6, 6.07) is 7.01. The smallest absolute Gasteiger partial charge is 0.264 e. The first-order chi connectivity index (χ1) is 18.0. The quantitative estimate of drug-likeness (QED) is 0.145. The van der Waals surface area contributed by atoms with Crippen LogP contribution in [0.15, 0.2) is 36.4 Å². The number of β-lactam (4-membered cyclic amide) rings is 1. The zero-order chi connectivity index (χ0) is 27.6. The number of carbonyl (C=O) groups is 3. The molecule has 0 spiro atoms. The highest BCUT2D eigenvalue weighted by atomic mass is 35.5. The number of rotatable bonds is 5. The van der Waals surface area contributed by atoms with Gasteiger partial charge in [-0.2, -0.15) is 0 Å². The SMILES string of the molecule is COc1ccc([C@H]2[C@@H](N3C(=O)c4c(Cl)c(Cl)c(Cl)c(Cl)c4C3=O)C(=O)N2c2ccc(C)c(F)c2)cc1OC. The van der Waals surface area contributed by atoms with Crippen molar-refractivity contribution in [3.05, 3.63) is 84.6 Å². The Bertz CT molecular complexity index is 1520. The average molecular weight is 598 g/mol. The zero-order valence-electron chi connectivity index (χ0n) is 19.9. The van der Waals surface area contributed by atoms with Crippen molar-refractivity contribution in [3.8, 4) is 11.5 Å². The molecular formula is C26H17Cl4FN2O5. The molecule has 0 unspecified atom stereocenters. The molecule has 38 heavy (non-hydrogen) atoms. The Labute approximate surface area is 236 Å². The summed E-state index contributed by atoms with van der Waals surface area (Å²) in [7, 11) is 2.91. The van der Waals surface area contributed by atoms with Gasteiger partial charge in [-0.05, 0) is 42.3 Å². The van der Waals surface area contributed by atoms with Crippen LogP contribution in [0.25, 0.3) is 0 Å². The minimum absolute atomic E-state index is 0.187. The molecule has 3 amide bonds. The standard InChI is InChI=1S/C26H17Cl4FN2O5/c1-10-4-6-12(9-13(10)31)32-22(11-5-7-14(37-2)15(8-11)38-3)23(26(32)36)33-24(34)16-17(25(33)35)19(28)21(30)20(29)18(16)27/h4-9,22-23H,1-3H3/t22-,23+/m0/s1. The third-order valence-corrected chi connectivity index (χ3v) is 8.46. The Hall–Kier alpha value is -3.04. The largest absolute Gasteiger partial charge is 0.493 e. The molecule has 7 nitrogen and oxygen atoms in total. The zero-order valence-corrected chi connectivity index (χ0v) is 23.0. The fourth-order valence-corrected chi connectivity index (χ4v) is 5.75. The maximum atomic E-state index is 14.5. The Balaban J connectivity index is 1.66. The molecule has 1 fully saturated rings. The second-order valence-corrected chi connectivity index (χ2v) is 10.1. The number of hydrogen-bond acceptors (Lipinski definition) is 5. The first-order valence-electron chi connectivity index (χ1n) is 11.1. The number of nitrogens with zero attached hydrogens (tertiary/aromatic N) is 2. The first-order valence-corrected chi connectivity index (χ1v) is 12.6. The average Bonchev–Trinajstić information content (AvgIpc) is 3.16. The lowest BCUT2D eigenvalue weighted by Crippen LogP contribution is -2.67. The summed E-state index contributed by atoms with van der Waals surface area (Å²) >= 11 is 24.8. The van der Waals surface area contributed by atoms with E-state index in [-0.39, 0.29) is 36.9 Å². The molecule has 0 bridgehead atoms. The van der Waals surface area contributed by atoms with E-state index in [4.69, 9.17) is 55.9 Å². The van der Waals surface area contributed by atoms with E-state index in [0.717, 1.165) is 4.90 Å². The van der Waals surface area contributed by atoms with Crippen LogP contribution in [-0.2, 0) is 4.79 Å². The van der Waals surface area contributed by atoms with Gasteiger partial charge in [0.05, 0.1) is 51.5 Å². The molecule has 1 saturated heterocycles. The summed E-state index contributed by atoms with van der Waals surface area (Å²) in [4.78, 5) is 42.8. The Morgan fingerprint density at radius 2 is 1.32 bits per heavy atom. The number of fused-ring (bicyclic) bond motifs is 1. The van der Waals surface area contributed by atoms with Crippen LogP contribution in [0.1, 0.15) is 37.9 Å². The summed E-state index contributed by atoms with van der Waals surface area (Å²) in [5.74, 6) is -2.07. The van der Waals surface area contributed by atoms with Crippen molar-refractivity contribution in [1.29, 1.82) is 0 Å². The molecule has 2 aliphatic heterocycles. The second-order valence-electron chi connectivity index (χ2n) is 8.63. The molecule has 0 N–H and O–H groups in total. The second kappa shape index (κ2) is 9.61. The van der Waals surface area contributed by atoms with E-state index in [9.17, 15) is 18.8 Å². The van der Waals surface area contributed by atoms with E-state index in [1.54, 1.807) is 31.2 Å². The number of halogens is 5. The number of imide groups is 1. The van der Waals surface area contributed by atoms with Crippen molar-refractivity contribution < 1.29 is 28.2 Å². The number of hydrogen-bond donors (Lipinski definition) is 0. The molecule has 0 saturated carbocycles. The Morgan fingerprint density at radius 3 is 1.84 bits per heavy atom. The monoisotopic (exact) mass is 596 g/mol. The van der Waals surface area contributed by atoms with Crippen molar-refractivity contribution in [2.24, 2.45) is 0 Å². The normalized spacial score (nSPS) is 18.6. The van der Waals surface area contributed by atoms with Crippen LogP contribution in [0.2, 0.25) is 20.1 Å². The lowest BCUT2D eigenvalue weighted by molar-refractivity contribution is -0.130. The van der Waals surface area contributed by atoms with E-state index in [1.807, 2.05) is 0 Å². The predicted molar refractivity (Wildman–Crippen MR) is 142 cm³/mol. The summed E-state index contributed by atoms with van der Waals surface area (Å²) < 4.78 is 25.2. The molecule has 3 aromatic carbocycles. The lowest BCUT2D eigenvalue weighted by Gasteiger charge is -2.49. The van der Waals surface area contributed by atoms with Gasteiger partial charge in [0.25, 0.3) is 17.7 Å². The van der Waals surface area contributed by atoms with Crippen molar-refractivity contribution in [2.75, 3.05) is 19.1 Å². The van der Waals surface area contributed by atoms with Gasteiger partial charge in [-0.1, -0.05) is 58.5 Å². The Kier molecular flexibility index (Phi) is 6.72. The maximum absolute atomic E-state index is 14.5. The molecule has 2 aliphatic rings. The van der Waals surface area contributed by atoms with E-state index in [1.165, 1.54) is 31.3 Å². The van der Waals surface area contributed by atoms with Gasteiger partial charge in [-0.25, -0.2) is 4.39 Å². The van der Waals surface area contributed by atoms with Gasteiger partial charge in [0.2, 0.25) is 0 Å². The highest BCUT2D eigenvalue weighted by Crippen LogP contribution is 2.50. The van der Waals surface area contributed by atoms with E-state index >= 15 is 0 Å². The molecule has 0 aromatic heterocycles. The molecule has 2 heterocycles. The number of methoxy groups -OCH3 is 2. The van der Waals surface area contributed by atoms with Crippen molar-refractivity contribution in [3.63, 3.8) is 0 Å². The molecule has 2 atom stereocenters. The van der Waals surface area contributed by atoms with Gasteiger partial charge in [0, 0.05) is 5.69 Å². The molecule has 12 heteroatoms. The predicted octanol–water partition coefficient (Wildman–Crippen LogP) is 6.52. The van der Waals surface area contributed by atoms with Gasteiger partial charge in [0.15, 0.2) is 11.5 Å². The first kappa shape index (κ1) is 26.6. The van der Waals surface area contributed by atoms with Gasteiger partial charge in [-0.15, -0.1) is 0 Å². The highest BCUT2D eigenvalue weighted by molar-refractivity contribution is 6.55. The molecular weight excluding hydrogens is 581 g/mol. The minimum Gasteiger partial charge on any atom is -0.493 e. The highest BCUT2D eigenvalue weighted by Gasteiger charge is 2.58. The minimum atomic E-state index is -1.31. The summed E-state index contributed by atoms with van der Waals surface area (Å²) in [6.07, 6.45) is 0. The van der Waals surface area contributed by atoms with E-state index < -0.39 is 35.6 Å². The third kappa shape index (κ3) is 3.73. The van der Waals surface area contributed by atoms with Crippen molar-refractivity contribution in [2.45, 2.75) is 19.0 Å². The number of ether oxygens (including phenoxy) is 2. The summed E-state index contributed by atoms with van der Waals surface area (Å²) in [5.41, 5.74) is 0.648. The third-order valence-electron chi connectivity index (χ3n) is 6.66. The number of carbonyl (C=O) groups excluding carboxylic acids is 3. The Morgan fingerprint density at radius 1 is 0.737 bits per heavy atom. The molecule has 0 aliphatic carbocycles. The van der Waals surface area contributed by atoms with Crippen LogP contribution in [0, 0.1) is 12.7 Å². The number of aryl methyl sites for hydroxylation is 1. The van der Waals surface area contributed by atoms with E-state index in [0.29, 0.717) is 22.6 Å². The van der Waals surface area contributed by atoms with Gasteiger partial charge >= 0.3 is 0 Å². The molecule has 3 aromatic rings. The fourth-order valence-electron chi connectivity index (χ4n) is 4.73. The van der Waals surface area contributed by atoms with Crippen LogP contribution in [0.3, 0.4) is 0 Å². The van der Waals surface area contributed by atoms with Crippen LogP contribution < -0.4 is 14.4 Å². The van der Waals surface area contributed by atoms with Crippen molar-refractivity contribution in [1.82, 2.24) is 4.90 Å². The maximum Gasteiger partial charge on any atom is 0.264 e. The van der Waals surface area contributed by atoms with E-state index in [2.05, 4.69) is 0 Å². The molecule has 0 radical (unpaired) electrons.